The molecule has 6 nitrogen and oxygen atoms in total. The molecule has 36 heavy (non-hydrogen) atoms. The van der Waals surface area contributed by atoms with E-state index in [-0.39, 0.29) is 18.0 Å². The first-order chi connectivity index (χ1) is 17.5. The molecule has 1 fully saturated rings. The molecule has 2 aromatic heterocycles. The fourth-order valence-electron chi connectivity index (χ4n) is 4.63. The molecule has 0 unspecified atom stereocenters. The van der Waals surface area contributed by atoms with Gasteiger partial charge in [-0.2, -0.15) is 0 Å². The van der Waals surface area contributed by atoms with Crippen molar-refractivity contribution in [1.29, 1.82) is 0 Å². The number of amides is 1. The van der Waals surface area contributed by atoms with Crippen LogP contribution < -0.4 is 10.6 Å². The summed E-state index contributed by atoms with van der Waals surface area (Å²) in [6.45, 7) is 2.46. The van der Waals surface area contributed by atoms with E-state index in [1.165, 1.54) is 0 Å². The number of carbonyl (C=O) groups excluding carboxylic acids is 1. The zero-order valence-electron chi connectivity index (χ0n) is 19.8. The largest absolute Gasteiger partial charge is 0.352 e. The number of halogens is 1. The Labute approximate surface area is 220 Å². The van der Waals surface area contributed by atoms with Crippen molar-refractivity contribution in [2.45, 2.75) is 25.4 Å². The van der Waals surface area contributed by atoms with Gasteiger partial charge in [0.05, 0.1) is 17.8 Å². The average molecular weight is 516 g/mol. The van der Waals surface area contributed by atoms with E-state index in [1.54, 1.807) is 6.20 Å². The van der Waals surface area contributed by atoms with Crippen molar-refractivity contribution in [3.05, 3.63) is 113 Å². The second-order valence-corrected chi connectivity index (χ2v) is 9.59. The van der Waals surface area contributed by atoms with Gasteiger partial charge in [0.25, 0.3) is 0 Å². The highest BCUT2D eigenvalue weighted by atomic mass is 35.5. The molecule has 3 heterocycles. The third-order valence-corrected chi connectivity index (χ3v) is 6.84. The number of rotatable bonds is 7. The third-order valence-electron chi connectivity index (χ3n) is 6.25. The lowest BCUT2D eigenvalue weighted by Crippen LogP contribution is -2.33. The first-order valence-electron chi connectivity index (χ1n) is 11.8. The van der Waals surface area contributed by atoms with E-state index in [2.05, 4.69) is 31.2 Å². The summed E-state index contributed by atoms with van der Waals surface area (Å²) in [5.41, 5.74) is 4.75. The third kappa shape index (κ3) is 5.12. The summed E-state index contributed by atoms with van der Waals surface area (Å²) in [6.07, 6.45) is 4.09. The molecule has 0 saturated carbocycles. The standard InChI is InChI=1S/C28H26ClN5OS/c1-19-7-4-9-21(17-19)31-25(35)13-16-34-27(26(32-28(34)36)23-11-2-3-14-30-23)24-12-6-15-33(24)22-10-5-8-20(29)18-22/h2-12,14-15,17-18,26-27H,13,16H2,1H3,(H,31,35)(H,32,36)/t26-,27-/m1/s1. The number of hydrogen-bond donors (Lipinski definition) is 2. The van der Waals surface area contributed by atoms with E-state index < -0.39 is 0 Å². The number of nitrogens with zero attached hydrogens (tertiary/aromatic N) is 3. The van der Waals surface area contributed by atoms with E-state index in [0.29, 0.717) is 23.1 Å². The number of nitrogens with one attached hydrogen (secondary N) is 2. The predicted molar refractivity (Wildman–Crippen MR) is 147 cm³/mol. The first kappa shape index (κ1) is 24.0. The van der Waals surface area contributed by atoms with Crippen LogP contribution in [0, 0.1) is 6.92 Å². The molecule has 8 heteroatoms. The lowest BCUT2D eigenvalue weighted by Gasteiger charge is -2.29. The van der Waals surface area contributed by atoms with E-state index in [9.17, 15) is 4.79 Å². The van der Waals surface area contributed by atoms with Crippen LogP contribution in [0.15, 0.2) is 91.3 Å². The van der Waals surface area contributed by atoms with Gasteiger partial charge in [-0.15, -0.1) is 0 Å². The molecule has 0 spiro atoms. The molecule has 1 aliphatic rings. The van der Waals surface area contributed by atoms with Gasteiger partial charge in [-0.3, -0.25) is 9.78 Å². The smallest absolute Gasteiger partial charge is 0.226 e. The summed E-state index contributed by atoms with van der Waals surface area (Å²) in [7, 11) is 0. The van der Waals surface area contributed by atoms with E-state index in [4.69, 9.17) is 23.8 Å². The number of benzene rings is 2. The zero-order valence-corrected chi connectivity index (χ0v) is 21.3. The molecule has 182 valence electrons. The van der Waals surface area contributed by atoms with E-state index in [1.807, 2.05) is 85.9 Å². The number of hydrogen-bond acceptors (Lipinski definition) is 3. The SMILES string of the molecule is Cc1cccc(NC(=O)CCN2C(=S)N[C@H](c3ccccn3)[C@H]2c2cccn2-c2cccc(Cl)c2)c1. The monoisotopic (exact) mass is 515 g/mol. The molecule has 0 radical (unpaired) electrons. The molecular weight excluding hydrogens is 490 g/mol. The maximum Gasteiger partial charge on any atom is 0.226 e. The normalized spacial score (nSPS) is 17.2. The van der Waals surface area contributed by atoms with Crippen LogP contribution in [0.25, 0.3) is 5.69 Å². The van der Waals surface area contributed by atoms with Crippen LogP contribution in [0.4, 0.5) is 5.69 Å². The number of thiocarbonyl (C=S) groups is 1. The maximum atomic E-state index is 12.8. The van der Waals surface area contributed by atoms with Crippen LogP contribution in [0.1, 0.15) is 35.5 Å². The van der Waals surface area contributed by atoms with Crippen LogP contribution in [0.3, 0.4) is 0 Å². The second kappa shape index (κ2) is 10.5. The van der Waals surface area contributed by atoms with Crippen LogP contribution >= 0.6 is 23.8 Å². The van der Waals surface area contributed by atoms with Crippen molar-refractivity contribution < 1.29 is 4.79 Å². The molecule has 2 N–H and O–H groups in total. The van der Waals surface area contributed by atoms with E-state index >= 15 is 0 Å². The Morgan fingerprint density at radius 2 is 1.94 bits per heavy atom. The van der Waals surface area contributed by atoms with Crippen molar-refractivity contribution in [2.24, 2.45) is 0 Å². The summed E-state index contributed by atoms with van der Waals surface area (Å²) in [6, 6.07) is 25.1. The number of carbonyl (C=O) groups is 1. The molecule has 0 bridgehead atoms. The Kier molecular flexibility index (Phi) is 7.02. The first-order valence-corrected chi connectivity index (χ1v) is 12.6. The highest BCUT2D eigenvalue weighted by Crippen LogP contribution is 2.39. The fourth-order valence-corrected chi connectivity index (χ4v) is 5.15. The van der Waals surface area contributed by atoms with Crippen molar-refractivity contribution in [3.8, 4) is 5.69 Å². The highest BCUT2D eigenvalue weighted by molar-refractivity contribution is 7.80. The van der Waals surface area contributed by atoms with Crippen molar-refractivity contribution in [1.82, 2.24) is 19.8 Å². The molecule has 1 aliphatic heterocycles. The Balaban J connectivity index is 1.44. The quantitative estimate of drug-likeness (QED) is 0.303. The molecular formula is C28H26ClN5OS. The van der Waals surface area contributed by atoms with Crippen LogP contribution in [-0.4, -0.2) is 32.0 Å². The van der Waals surface area contributed by atoms with Gasteiger partial charge in [-0.1, -0.05) is 35.9 Å². The van der Waals surface area contributed by atoms with Crippen LogP contribution in [0.5, 0.6) is 0 Å². The lowest BCUT2D eigenvalue weighted by molar-refractivity contribution is -0.116. The van der Waals surface area contributed by atoms with Crippen molar-refractivity contribution >= 4 is 40.5 Å². The van der Waals surface area contributed by atoms with Gasteiger partial charge in [0.15, 0.2) is 5.11 Å². The Morgan fingerprint density at radius 3 is 2.72 bits per heavy atom. The predicted octanol–water partition coefficient (Wildman–Crippen LogP) is 5.84. The molecule has 1 saturated heterocycles. The number of aryl methyl sites for hydroxylation is 1. The minimum absolute atomic E-state index is 0.0614. The Hall–Kier alpha value is -3.68. The van der Waals surface area contributed by atoms with Gasteiger partial charge in [-0.25, -0.2) is 0 Å². The maximum absolute atomic E-state index is 12.8. The number of anilines is 1. The topological polar surface area (TPSA) is 62.2 Å². The van der Waals surface area contributed by atoms with Crippen LogP contribution in [0.2, 0.25) is 5.02 Å². The van der Waals surface area contributed by atoms with Gasteiger partial charge in [-0.05, 0) is 79.3 Å². The van der Waals surface area contributed by atoms with Crippen molar-refractivity contribution in [3.63, 3.8) is 0 Å². The fraction of sp³-hybridized carbons (Fsp3) is 0.179. The van der Waals surface area contributed by atoms with Gasteiger partial charge >= 0.3 is 0 Å². The summed E-state index contributed by atoms with van der Waals surface area (Å²) in [4.78, 5) is 19.5. The summed E-state index contributed by atoms with van der Waals surface area (Å²) < 4.78 is 2.11. The summed E-state index contributed by atoms with van der Waals surface area (Å²) in [5.74, 6) is -0.0614. The highest BCUT2D eigenvalue weighted by Gasteiger charge is 2.41. The van der Waals surface area contributed by atoms with Gasteiger partial charge in [0.2, 0.25) is 5.91 Å². The average Bonchev–Trinajstić information content (AvgIpc) is 3.47. The van der Waals surface area contributed by atoms with Gasteiger partial charge < -0.3 is 20.1 Å². The molecule has 4 aromatic rings. The molecule has 5 rings (SSSR count). The molecule has 1 amide bonds. The van der Waals surface area contributed by atoms with Crippen molar-refractivity contribution in [2.75, 3.05) is 11.9 Å². The van der Waals surface area contributed by atoms with Crippen LogP contribution in [-0.2, 0) is 4.79 Å². The Morgan fingerprint density at radius 1 is 1.08 bits per heavy atom. The number of pyridine rings is 1. The second-order valence-electron chi connectivity index (χ2n) is 8.77. The minimum atomic E-state index is -0.175. The summed E-state index contributed by atoms with van der Waals surface area (Å²) in [5, 5.41) is 7.71. The Bertz CT molecular complexity index is 1390. The van der Waals surface area contributed by atoms with Gasteiger partial charge in [0.1, 0.15) is 0 Å². The summed E-state index contributed by atoms with van der Waals surface area (Å²) >= 11 is 12.1. The molecule has 2 atom stereocenters. The molecule has 2 aromatic carbocycles. The van der Waals surface area contributed by atoms with E-state index in [0.717, 1.165) is 28.3 Å². The van der Waals surface area contributed by atoms with Gasteiger partial charge in [0, 0.05) is 47.5 Å². The zero-order chi connectivity index (χ0) is 25.1. The minimum Gasteiger partial charge on any atom is -0.352 e. The lowest BCUT2D eigenvalue weighted by atomic mass is 10.0. The number of aromatic nitrogens is 2. The molecule has 0 aliphatic carbocycles.